The lowest BCUT2D eigenvalue weighted by Gasteiger charge is -2.32. The lowest BCUT2D eigenvalue weighted by atomic mass is 10.1. The van der Waals surface area contributed by atoms with Crippen molar-refractivity contribution >= 4 is 17.3 Å². The number of aliphatic hydroxyl groups is 1. The van der Waals surface area contributed by atoms with Crippen molar-refractivity contribution in [2.24, 2.45) is 0 Å². The molecule has 0 aromatic heterocycles. The third-order valence-corrected chi connectivity index (χ3v) is 2.91. The van der Waals surface area contributed by atoms with Crippen LogP contribution in [0.15, 0.2) is 24.3 Å². The van der Waals surface area contributed by atoms with Crippen molar-refractivity contribution in [3.05, 3.63) is 29.3 Å². The summed E-state index contributed by atoms with van der Waals surface area (Å²) in [5, 5.41) is 10.3. The van der Waals surface area contributed by atoms with Gasteiger partial charge in [0, 0.05) is 13.1 Å². The maximum atomic E-state index is 9.55. The van der Waals surface area contributed by atoms with E-state index >= 15 is 0 Å². The van der Waals surface area contributed by atoms with Crippen LogP contribution in [0.25, 0.3) is 0 Å². The third-order valence-electron chi connectivity index (χ3n) is 2.59. The fourth-order valence-corrected chi connectivity index (χ4v) is 2.14. The average Bonchev–Trinajstić information content (AvgIpc) is 2.18. The van der Waals surface area contributed by atoms with Gasteiger partial charge in [-0.25, -0.2) is 0 Å². The van der Waals surface area contributed by atoms with E-state index in [4.69, 9.17) is 11.6 Å². The number of nitrogens with zero attached hydrogens (tertiary/aromatic N) is 1. The molecule has 2 nitrogen and oxygen atoms in total. The van der Waals surface area contributed by atoms with E-state index in [1.807, 2.05) is 24.3 Å². The summed E-state index contributed by atoms with van der Waals surface area (Å²) < 4.78 is 0. The van der Waals surface area contributed by atoms with Crippen molar-refractivity contribution in [1.29, 1.82) is 0 Å². The molecule has 0 saturated carbocycles. The van der Waals surface area contributed by atoms with Crippen LogP contribution < -0.4 is 4.90 Å². The molecule has 14 heavy (non-hydrogen) atoms. The topological polar surface area (TPSA) is 23.5 Å². The Kier molecular flexibility index (Phi) is 2.94. The minimum absolute atomic E-state index is 0.208. The number of rotatable bonds is 1. The van der Waals surface area contributed by atoms with Crippen molar-refractivity contribution < 1.29 is 5.11 Å². The Bertz CT molecular complexity index is 316. The number of hydrogen-bond acceptors (Lipinski definition) is 2. The predicted octanol–water partition coefficient (Wildman–Crippen LogP) is 2.30. The number of halogens is 1. The van der Waals surface area contributed by atoms with E-state index in [1.54, 1.807) is 0 Å². The van der Waals surface area contributed by atoms with Crippen molar-refractivity contribution in [2.45, 2.75) is 18.9 Å². The van der Waals surface area contributed by atoms with Gasteiger partial charge in [-0.3, -0.25) is 0 Å². The van der Waals surface area contributed by atoms with Gasteiger partial charge in [0.2, 0.25) is 0 Å². The minimum atomic E-state index is -0.208. The first-order valence-corrected chi connectivity index (χ1v) is 5.33. The zero-order valence-corrected chi connectivity index (χ0v) is 8.74. The fourth-order valence-electron chi connectivity index (χ4n) is 1.88. The van der Waals surface area contributed by atoms with Crippen LogP contribution in [0.5, 0.6) is 0 Å². The van der Waals surface area contributed by atoms with Gasteiger partial charge in [0.15, 0.2) is 0 Å². The molecule has 1 N–H and O–H groups in total. The second-order valence-electron chi connectivity index (χ2n) is 3.69. The smallest absolute Gasteiger partial charge is 0.0715 e. The largest absolute Gasteiger partial charge is 0.391 e. The molecule has 0 radical (unpaired) electrons. The molecular weight excluding hydrogens is 198 g/mol. The molecule has 76 valence electrons. The van der Waals surface area contributed by atoms with Crippen LogP contribution in [0.2, 0.25) is 5.02 Å². The minimum Gasteiger partial charge on any atom is -0.391 e. The van der Waals surface area contributed by atoms with Crippen molar-refractivity contribution in [2.75, 3.05) is 18.0 Å². The molecule has 1 aliphatic heterocycles. The highest BCUT2D eigenvalue weighted by molar-refractivity contribution is 6.33. The number of aliphatic hydroxyl groups excluding tert-OH is 1. The van der Waals surface area contributed by atoms with Crippen molar-refractivity contribution in [3.63, 3.8) is 0 Å². The molecule has 0 bridgehead atoms. The summed E-state index contributed by atoms with van der Waals surface area (Å²) in [7, 11) is 0. The average molecular weight is 212 g/mol. The Morgan fingerprint density at radius 1 is 1.36 bits per heavy atom. The van der Waals surface area contributed by atoms with E-state index in [0.717, 1.165) is 30.1 Å². The van der Waals surface area contributed by atoms with E-state index in [-0.39, 0.29) is 6.10 Å². The molecule has 1 aromatic rings. The Hall–Kier alpha value is -0.730. The molecule has 2 rings (SSSR count). The SMILES string of the molecule is OC1CCCN(c2ccccc2Cl)C1. The number of benzene rings is 1. The molecular formula is C11H14ClNO. The standard InChI is InChI=1S/C11H14ClNO/c12-10-5-1-2-6-11(10)13-7-3-4-9(14)8-13/h1-2,5-6,9,14H,3-4,7-8H2. The number of β-amino-alcohol motifs (C(OH)–C–C–N with tert-alkyl or cyclic N) is 1. The second-order valence-corrected chi connectivity index (χ2v) is 4.10. The molecule has 1 fully saturated rings. The summed E-state index contributed by atoms with van der Waals surface area (Å²) in [6.07, 6.45) is 1.73. The lowest BCUT2D eigenvalue weighted by Crippen LogP contribution is -2.38. The predicted molar refractivity (Wildman–Crippen MR) is 58.9 cm³/mol. The first-order valence-electron chi connectivity index (χ1n) is 4.95. The maximum absolute atomic E-state index is 9.55. The molecule has 0 aliphatic carbocycles. The molecule has 1 saturated heterocycles. The summed E-state index contributed by atoms with van der Waals surface area (Å²) in [6.45, 7) is 1.69. The molecule has 0 amide bonds. The van der Waals surface area contributed by atoms with Crippen LogP contribution in [-0.4, -0.2) is 24.3 Å². The van der Waals surface area contributed by atoms with Crippen molar-refractivity contribution in [1.82, 2.24) is 0 Å². The van der Waals surface area contributed by atoms with Crippen LogP contribution >= 0.6 is 11.6 Å². The molecule has 1 heterocycles. The van der Waals surface area contributed by atoms with Gasteiger partial charge < -0.3 is 10.0 Å². The van der Waals surface area contributed by atoms with Crippen molar-refractivity contribution in [3.8, 4) is 0 Å². The van der Waals surface area contributed by atoms with Crippen LogP contribution in [0, 0.1) is 0 Å². The Morgan fingerprint density at radius 3 is 2.86 bits per heavy atom. The van der Waals surface area contributed by atoms with Crippen LogP contribution in [0.4, 0.5) is 5.69 Å². The third kappa shape index (κ3) is 2.02. The first kappa shape index (κ1) is 9.81. The second kappa shape index (κ2) is 4.20. The fraction of sp³-hybridized carbons (Fsp3) is 0.455. The van der Waals surface area contributed by atoms with E-state index in [1.165, 1.54) is 0 Å². The Morgan fingerprint density at radius 2 is 2.14 bits per heavy atom. The van der Waals surface area contributed by atoms with Crippen LogP contribution in [0.3, 0.4) is 0 Å². The van der Waals surface area contributed by atoms with Gasteiger partial charge in [0.05, 0.1) is 16.8 Å². The van der Waals surface area contributed by atoms with E-state index < -0.39 is 0 Å². The molecule has 1 aromatic carbocycles. The molecule has 0 spiro atoms. The lowest BCUT2D eigenvalue weighted by molar-refractivity contribution is 0.154. The Labute approximate surface area is 89.1 Å². The first-order chi connectivity index (χ1) is 6.77. The quantitative estimate of drug-likeness (QED) is 0.771. The zero-order chi connectivity index (χ0) is 9.97. The summed E-state index contributed by atoms with van der Waals surface area (Å²) >= 11 is 6.08. The molecule has 1 aliphatic rings. The van der Waals surface area contributed by atoms with Gasteiger partial charge in [0.1, 0.15) is 0 Å². The zero-order valence-electron chi connectivity index (χ0n) is 7.99. The van der Waals surface area contributed by atoms with Crippen LogP contribution in [-0.2, 0) is 0 Å². The summed E-state index contributed by atoms with van der Waals surface area (Å²) in [6, 6.07) is 7.78. The highest BCUT2D eigenvalue weighted by atomic mass is 35.5. The summed E-state index contributed by atoms with van der Waals surface area (Å²) in [5.41, 5.74) is 1.04. The number of piperidine rings is 1. The summed E-state index contributed by atoms with van der Waals surface area (Å²) in [4.78, 5) is 2.15. The number of para-hydroxylation sites is 1. The highest BCUT2D eigenvalue weighted by Crippen LogP contribution is 2.27. The van der Waals surface area contributed by atoms with Crippen LogP contribution in [0.1, 0.15) is 12.8 Å². The Balaban J connectivity index is 2.18. The van der Waals surface area contributed by atoms with Gasteiger partial charge in [0.25, 0.3) is 0 Å². The molecule has 1 unspecified atom stereocenters. The van der Waals surface area contributed by atoms with Gasteiger partial charge in [-0.2, -0.15) is 0 Å². The van der Waals surface area contributed by atoms with E-state index in [9.17, 15) is 5.11 Å². The number of anilines is 1. The van der Waals surface area contributed by atoms with Gasteiger partial charge >= 0.3 is 0 Å². The van der Waals surface area contributed by atoms with Gasteiger partial charge in [-0.15, -0.1) is 0 Å². The number of hydrogen-bond donors (Lipinski definition) is 1. The monoisotopic (exact) mass is 211 g/mol. The highest BCUT2D eigenvalue weighted by Gasteiger charge is 2.18. The molecule has 1 atom stereocenters. The van der Waals surface area contributed by atoms with E-state index in [2.05, 4.69) is 4.90 Å². The van der Waals surface area contributed by atoms with Gasteiger partial charge in [-0.1, -0.05) is 23.7 Å². The normalized spacial score (nSPS) is 22.4. The molecule has 3 heteroatoms. The summed E-state index contributed by atoms with van der Waals surface area (Å²) in [5.74, 6) is 0. The maximum Gasteiger partial charge on any atom is 0.0715 e. The van der Waals surface area contributed by atoms with E-state index in [0.29, 0.717) is 6.54 Å². The van der Waals surface area contributed by atoms with Gasteiger partial charge in [-0.05, 0) is 25.0 Å².